The zero-order valence-corrected chi connectivity index (χ0v) is 25.9. The second-order valence-electron chi connectivity index (χ2n) is 13.2. The highest BCUT2D eigenvalue weighted by atomic mass is 19.1. The molecule has 43 heavy (non-hydrogen) atoms. The molecule has 0 aromatic heterocycles. The van der Waals surface area contributed by atoms with Crippen molar-refractivity contribution in [1.29, 1.82) is 0 Å². The number of carbonyl (C=O) groups is 2. The lowest BCUT2D eigenvalue weighted by Gasteiger charge is -2.41. The molecule has 0 radical (unpaired) electrons. The Morgan fingerprint density at radius 2 is 1.77 bits per heavy atom. The first kappa shape index (κ1) is 33.0. The van der Waals surface area contributed by atoms with Gasteiger partial charge in [0.2, 0.25) is 5.91 Å². The molecule has 2 aromatic rings. The number of likely N-dealkylation sites (tertiary alicyclic amines) is 1. The van der Waals surface area contributed by atoms with Crippen molar-refractivity contribution < 1.29 is 28.2 Å². The van der Waals surface area contributed by atoms with Gasteiger partial charge in [-0.05, 0) is 72.9 Å². The van der Waals surface area contributed by atoms with Crippen LogP contribution in [0.3, 0.4) is 0 Å². The van der Waals surface area contributed by atoms with Gasteiger partial charge in [-0.3, -0.25) is 14.5 Å². The van der Waals surface area contributed by atoms with Crippen molar-refractivity contribution in [2.45, 2.75) is 101 Å². The average Bonchev–Trinajstić information content (AvgIpc) is 3.43. The Labute approximate surface area is 254 Å². The summed E-state index contributed by atoms with van der Waals surface area (Å²) in [7, 11) is 1.31. The molecule has 1 aliphatic heterocycles. The van der Waals surface area contributed by atoms with E-state index in [1.807, 2.05) is 0 Å². The second-order valence-corrected chi connectivity index (χ2v) is 13.2. The van der Waals surface area contributed by atoms with Gasteiger partial charge in [-0.25, -0.2) is 8.78 Å². The smallest absolute Gasteiger partial charge is 0.319 e. The molecular formula is C34H47F2N3O4. The molecule has 2 aliphatic rings. The molecule has 3 atom stereocenters. The number of hydrogen-bond donors (Lipinski definition) is 3. The molecule has 7 nitrogen and oxygen atoms in total. The van der Waals surface area contributed by atoms with Gasteiger partial charge in [0.05, 0.1) is 31.8 Å². The molecule has 2 fully saturated rings. The minimum absolute atomic E-state index is 0.00534. The largest absolute Gasteiger partial charge is 0.468 e. The number of aliphatic hydroxyl groups is 1. The SMILES string of the molecule is COC(=O)CN1CCCC1C(=O)NC(Cc1cc(F)cc(F)c1)C(O)CNC1(c2cccc(C(C)(C)C)c2)CCCCC1. The maximum absolute atomic E-state index is 14.1. The lowest BCUT2D eigenvalue weighted by Crippen LogP contribution is -2.56. The number of rotatable bonds is 11. The monoisotopic (exact) mass is 599 g/mol. The molecule has 236 valence electrons. The number of esters is 1. The van der Waals surface area contributed by atoms with Crippen LogP contribution in [0.1, 0.15) is 82.4 Å². The van der Waals surface area contributed by atoms with Crippen molar-refractivity contribution in [3.63, 3.8) is 0 Å². The van der Waals surface area contributed by atoms with E-state index in [0.717, 1.165) is 44.6 Å². The Morgan fingerprint density at radius 1 is 1.07 bits per heavy atom. The Bertz CT molecular complexity index is 1240. The zero-order valence-electron chi connectivity index (χ0n) is 25.9. The van der Waals surface area contributed by atoms with Gasteiger partial charge >= 0.3 is 5.97 Å². The molecule has 2 aromatic carbocycles. The summed E-state index contributed by atoms with van der Waals surface area (Å²) in [5.74, 6) is -2.18. The van der Waals surface area contributed by atoms with E-state index >= 15 is 0 Å². The fraction of sp³-hybridized carbons (Fsp3) is 0.588. The number of carbonyl (C=O) groups excluding carboxylic acids is 2. The quantitative estimate of drug-likeness (QED) is 0.324. The summed E-state index contributed by atoms with van der Waals surface area (Å²) in [4.78, 5) is 27.2. The van der Waals surface area contributed by atoms with E-state index < -0.39 is 35.8 Å². The molecule has 1 amide bonds. The number of amides is 1. The van der Waals surface area contributed by atoms with E-state index in [4.69, 9.17) is 4.74 Å². The van der Waals surface area contributed by atoms with E-state index in [0.29, 0.717) is 18.5 Å². The first-order valence-corrected chi connectivity index (χ1v) is 15.5. The summed E-state index contributed by atoms with van der Waals surface area (Å²) in [6.45, 7) is 7.32. The summed E-state index contributed by atoms with van der Waals surface area (Å²) < 4.78 is 33.0. The molecule has 0 spiro atoms. The molecule has 9 heteroatoms. The van der Waals surface area contributed by atoms with Crippen LogP contribution < -0.4 is 10.6 Å². The molecule has 0 bridgehead atoms. The van der Waals surface area contributed by atoms with E-state index in [9.17, 15) is 23.5 Å². The van der Waals surface area contributed by atoms with Crippen molar-refractivity contribution in [2.24, 2.45) is 0 Å². The maximum atomic E-state index is 14.1. The molecule has 4 rings (SSSR count). The van der Waals surface area contributed by atoms with Crippen molar-refractivity contribution in [3.8, 4) is 0 Å². The number of halogens is 2. The molecule has 1 heterocycles. The fourth-order valence-electron chi connectivity index (χ4n) is 6.54. The number of aliphatic hydroxyl groups excluding tert-OH is 1. The van der Waals surface area contributed by atoms with Crippen molar-refractivity contribution in [3.05, 3.63) is 70.8 Å². The Hall–Kier alpha value is -2.88. The molecule has 1 saturated heterocycles. The predicted molar refractivity (Wildman–Crippen MR) is 163 cm³/mol. The third-order valence-corrected chi connectivity index (χ3v) is 9.03. The number of benzene rings is 2. The van der Waals surface area contributed by atoms with Crippen LogP contribution in [0.25, 0.3) is 0 Å². The van der Waals surface area contributed by atoms with Crippen LogP contribution in [0.15, 0.2) is 42.5 Å². The van der Waals surface area contributed by atoms with Gasteiger partial charge in [0, 0.05) is 18.2 Å². The number of hydrogen-bond acceptors (Lipinski definition) is 6. The van der Waals surface area contributed by atoms with Crippen LogP contribution >= 0.6 is 0 Å². The van der Waals surface area contributed by atoms with Crippen molar-refractivity contribution >= 4 is 11.9 Å². The van der Waals surface area contributed by atoms with Crippen LogP contribution in [0.5, 0.6) is 0 Å². The molecule has 1 saturated carbocycles. The second kappa shape index (κ2) is 14.3. The molecule has 1 aliphatic carbocycles. The summed E-state index contributed by atoms with van der Waals surface area (Å²) in [5.41, 5.74) is 2.42. The van der Waals surface area contributed by atoms with Crippen LogP contribution in [0.2, 0.25) is 0 Å². The van der Waals surface area contributed by atoms with Gasteiger partial charge in [0.1, 0.15) is 11.6 Å². The minimum atomic E-state index is -1.05. The van der Waals surface area contributed by atoms with Crippen LogP contribution in [-0.4, -0.2) is 66.8 Å². The van der Waals surface area contributed by atoms with E-state index in [1.165, 1.54) is 30.4 Å². The van der Waals surface area contributed by atoms with Crippen LogP contribution in [0, 0.1) is 11.6 Å². The highest BCUT2D eigenvalue weighted by Gasteiger charge is 2.37. The number of nitrogens with zero attached hydrogens (tertiary/aromatic N) is 1. The Morgan fingerprint density at radius 3 is 2.42 bits per heavy atom. The zero-order chi connectivity index (χ0) is 31.2. The Balaban J connectivity index is 1.55. The summed E-state index contributed by atoms with van der Waals surface area (Å²) in [6, 6.07) is 10.5. The topological polar surface area (TPSA) is 90.9 Å². The normalized spacial score (nSPS) is 20.4. The standard InChI is InChI=1S/C34H47F2N3O4/c1-33(2,3)24-10-8-11-25(19-24)34(13-6-5-7-14-34)37-21-30(40)28(18-23-16-26(35)20-27(36)17-23)38-32(42)29-12-9-15-39(29)22-31(41)43-4/h8,10-11,16-17,19-20,28-30,37,40H,5-7,9,12-15,18,21-22H2,1-4H3,(H,38,42). The third-order valence-electron chi connectivity index (χ3n) is 9.03. The Kier molecular flexibility index (Phi) is 11.0. The van der Waals surface area contributed by atoms with Gasteiger partial charge in [-0.2, -0.15) is 0 Å². The van der Waals surface area contributed by atoms with Crippen molar-refractivity contribution in [2.75, 3.05) is 26.7 Å². The van der Waals surface area contributed by atoms with Crippen molar-refractivity contribution in [1.82, 2.24) is 15.5 Å². The molecule has 3 N–H and O–H groups in total. The van der Waals surface area contributed by atoms with E-state index in [2.05, 4.69) is 55.7 Å². The van der Waals surface area contributed by atoms with Gasteiger partial charge in [-0.15, -0.1) is 0 Å². The number of ether oxygens (including phenoxy) is 1. The lowest BCUT2D eigenvalue weighted by molar-refractivity contribution is -0.142. The number of methoxy groups -OCH3 is 1. The molecular weight excluding hydrogens is 552 g/mol. The first-order valence-electron chi connectivity index (χ1n) is 15.5. The lowest BCUT2D eigenvalue weighted by atomic mass is 9.74. The van der Waals surface area contributed by atoms with Crippen LogP contribution in [-0.2, 0) is 31.7 Å². The fourth-order valence-corrected chi connectivity index (χ4v) is 6.54. The van der Waals surface area contributed by atoms with Gasteiger partial charge in [0.25, 0.3) is 0 Å². The third kappa shape index (κ3) is 8.61. The van der Waals surface area contributed by atoms with Gasteiger partial charge in [-0.1, -0.05) is 64.3 Å². The van der Waals surface area contributed by atoms with Gasteiger partial charge < -0.3 is 20.5 Å². The summed E-state index contributed by atoms with van der Waals surface area (Å²) >= 11 is 0. The van der Waals surface area contributed by atoms with E-state index in [1.54, 1.807) is 4.90 Å². The minimum Gasteiger partial charge on any atom is -0.468 e. The van der Waals surface area contributed by atoms with Crippen LogP contribution in [0.4, 0.5) is 8.78 Å². The summed E-state index contributed by atoms with van der Waals surface area (Å²) in [6.07, 6.45) is 5.41. The first-order chi connectivity index (χ1) is 20.4. The van der Waals surface area contributed by atoms with E-state index in [-0.39, 0.29) is 36.4 Å². The number of nitrogens with one attached hydrogen (secondary N) is 2. The summed E-state index contributed by atoms with van der Waals surface area (Å²) in [5, 5.41) is 18.2. The van der Waals surface area contributed by atoms with Gasteiger partial charge in [0.15, 0.2) is 0 Å². The maximum Gasteiger partial charge on any atom is 0.319 e. The highest BCUT2D eigenvalue weighted by Crippen LogP contribution is 2.38. The predicted octanol–water partition coefficient (Wildman–Crippen LogP) is 4.74. The molecule has 3 unspecified atom stereocenters. The highest BCUT2D eigenvalue weighted by molar-refractivity contribution is 5.83. The average molecular weight is 600 g/mol.